The van der Waals surface area contributed by atoms with Crippen LogP contribution in [0, 0.1) is 12.8 Å². The fourth-order valence-electron chi connectivity index (χ4n) is 2.70. The van der Waals surface area contributed by atoms with Gasteiger partial charge in [-0.2, -0.15) is 0 Å². The van der Waals surface area contributed by atoms with E-state index in [1.165, 1.54) is 24.1 Å². The Balaban J connectivity index is 2.10. The molecule has 106 valence electrons. The first-order valence-corrected chi connectivity index (χ1v) is 7.68. The van der Waals surface area contributed by atoms with Crippen molar-refractivity contribution < 1.29 is 0 Å². The topological polar surface area (TPSA) is 15.3 Å². The lowest BCUT2D eigenvalue weighted by atomic mass is 10.0. The molecule has 0 saturated heterocycles. The van der Waals surface area contributed by atoms with Gasteiger partial charge in [0.15, 0.2) is 0 Å². The van der Waals surface area contributed by atoms with Crippen molar-refractivity contribution >= 4 is 5.69 Å². The Morgan fingerprint density at radius 3 is 2.58 bits per heavy atom. The predicted molar refractivity (Wildman–Crippen MR) is 83.8 cm³/mol. The summed E-state index contributed by atoms with van der Waals surface area (Å²) in [6, 6.07) is 10.2. The van der Waals surface area contributed by atoms with Crippen LogP contribution in [0.15, 0.2) is 24.3 Å². The number of rotatable bonds is 7. The number of aryl methyl sites for hydroxylation is 1. The van der Waals surface area contributed by atoms with Crippen LogP contribution in [0.4, 0.5) is 5.69 Å². The highest BCUT2D eigenvalue weighted by molar-refractivity contribution is 5.49. The van der Waals surface area contributed by atoms with Crippen LogP contribution in [-0.4, -0.2) is 25.2 Å². The molecule has 2 heteroatoms. The Bertz CT molecular complexity index is 396. The quantitative estimate of drug-likeness (QED) is 0.806. The maximum atomic E-state index is 3.70. The molecule has 0 radical (unpaired) electrons. The van der Waals surface area contributed by atoms with E-state index in [0.29, 0.717) is 12.0 Å². The number of likely N-dealkylation sites (N-methyl/N-ethyl adjacent to an activating group) is 1. The van der Waals surface area contributed by atoms with E-state index in [0.717, 1.165) is 19.1 Å². The number of nitrogens with zero attached hydrogens (tertiary/aromatic N) is 1. The van der Waals surface area contributed by atoms with Gasteiger partial charge >= 0.3 is 0 Å². The molecule has 1 aliphatic rings. The van der Waals surface area contributed by atoms with Crippen molar-refractivity contribution in [2.75, 3.05) is 18.0 Å². The van der Waals surface area contributed by atoms with Gasteiger partial charge in [0.2, 0.25) is 0 Å². The zero-order chi connectivity index (χ0) is 13.8. The van der Waals surface area contributed by atoms with Crippen LogP contribution in [0.25, 0.3) is 0 Å². The van der Waals surface area contributed by atoms with E-state index >= 15 is 0 Å². The van der Waals surface area contributed by atoms with Crippen LogP contribution in [0.2, 0.25) is 0 Å². The average molecular weight is 260 g/mol. The smallest absolute Gasteiger partial charge is 0.0437 e. The molecule has 1 N–H and O–H groups in total. The van der Waals surface area contributed by atoms with E-state index in [-0.39, 0.29) is 0 Å². The van der Waals surface area contributed by atoms with E-state index < -0.39 is 0 Å². The van der Waals surface area contributed by atoms with Crippen molar-refractivity contribution in [3.05, 3.63) is 29.8 Å². The summed E-state index contributed by atoms with van der Waals surface area (Å²) in [6.45, 7) is 11.3. The Kier molecular flexibility index (Phi) is 4.87. The third-order valence-electron chi connectivity index (χ3n) is 4.04. The molecule has 0 heterocycles. The highest BCUT2D eigenvalue weighted by Gasteiger charge is 2.26. The summed E-state index contributed by atoms with van der Waals surface area (Å²) in [7, 11) is 0. The van der Waals surface area contributed by atoms with E-state index in [1.54, 1.807) is 0 Å². The minimum absolute atomic E-state index is 0.576. The van der Waals surface area contributed by atoms with E-state index in [2.05, 4.69) is 62.2 Å². The SMILES string of the molecule is CCN(c1cccc(C)c1)C(CNC1CC1)C(C)C. The van der Waals surface area contributed by atoms with E-state index in [1.807, 2.05) is 0 Å². The van der Waals surface area contributed by atoms with Crippen LogP contribution in [0.1, 0.15) is 39.2 Å². The number of hydrogen-bond acceptors (Lipinski definition) is 2. The summed E-state index contributed by atoms with van der Waals surface area (Å²) < 4.78 is 0. The highest BCUT2D eigenvalue weighted by atomic mass is 15.2. The molecule has 1 aromatic rings. The van der Waals surface area contributed by atoms with Gasteiger partial charge in [0.05, 0.1) is 0 Å². The van der Waals surface area contributed by atoms with Crippen LogP contribution >= 0.6 is 0 Å². The summed E-state index contributed by atoms with van der Waals surface area (Å²) >= 11 is 0. The lowest BCUT2D eigenvalue weighted by Crippen LogP contribution is -2.46. The number of hydrogen-bond donors (Lipinski definition) is 1. The normalized spacial score (nSPS) is 16.7. The van der Waals surface area contributed by atoms with Gasteiger partial charge in [-0.15, -0.1) is 0 Å². The van der Waals surface area contributed by atoms with Gasteiger partial charge in [-0.3, -0.25) is 0 Å². The van der Waals surface area contributed by atoms with Gasteiger partial charge < -0.3 is 10.2 Å². The molecular formula is C17H28N2. The summed E-state index contributed by atoms with van der Waals surface area (Å²) in [6.07, 6.45) is 2.72. The molecule has 1 fully saturated rings. The van der Waals surface area contributed by atoms with Crippen molar-refractivity contribution in [1.82, 2.24) is 5.32 Å². The van der Waals surface area contributed by atoms with E-state index in [4.69, 9.17) is 0 Å². The highest BCUT2D eigenvalue weighted by Crippen LogP contribution is 2.24. The number of anilines is 1. The van der Waals surface area contributed by atoms with Gasteiger partial charge in [0.25, 0.3) is 0 Å². The van der Waals surface area contributed by atoms with Gasteiger partial charge in [-0.1, -0.05) is 26.0 Å². The summed E-state index contributed by atoms with van der Waals surface area (Å²) in [5.41, 5.74) is 2.70. The lowest BCUT2D eigenvalue weighted by Gasteiger charge is -2.36. The fraction of sp³-hybridized carbons (Fsp3) is 0.647. The minimum atomic E-state index is 0.576. The molecule has 0 spiro atoms. The zero-order valence-corrected chi connectivity index (χ0v) is 12.8. The fourth-order valence-corrected chi connectivity index (χ4v) is 2.70. The summed E-state index contributed by atoms with van der Waals surface area (Å²) in [4.78, 5) is 2.55. The first-order valence-electron chi connectivity index (χ1n) is 7.68. The predicted octanol–water partition coefficient (Wildman–Crippen LogP) is 3.60. The molecule has 1 unspecified atom stereocenters. The Hall–Kier alpha value is -1.02. The molecule has 0 bridgehead atoms. The second-order valence-electron chi connectivity index (χ2n) is 6.12. The Morgan fingerprint density at radius 1 is 1.32 bits per heavy atom. The molecule has 0 aliphatic heterocycles. The van der Waals surface area contributed by atoms with Crippen LogP contribution in [-0.2, 0) is 0 Å². The average Bonchev–Trinajstić information content (AvgIpc) is 3.18. The maximum Gasteiger partial charge on any atom is 0.0437 e. The number of nitrogens with one attached hydrogen (secondary N) is 1. The molecule has 2 nitrogen and oxygen atoms in total. The molecular weight excluding hydrogens is 232 g/mol. The first kappa shape index (κ1) is 14.4. The second kappa shape index (κ2) is 6.42. The molecule has 1 saturated carbocycles. The third-order valence-corrected chi connectivity index (χ3v) is 4.04. The maximum absolute atomic E-state index is 3.70. The van der Waals surface area contributed by atoms with Crippen molar-refractivity contribution in [2.45, 2.75) is 52.6 Å². The minimum Gasteiger partial charge on any atom is -0.367 e. The Morgan fingerprint density at radius 2 is 2.05 bits per heavy atom. The zero-order valence-electron chi connectivity index (χ0n) is 12.8. The summed E-state index contributed by atoms with van der Waals surface area (Å²) in [5.74, 6) is 0.659. The largest absolute Gasteiger partial charge is 0.367 e. The van der Waals surface area contributed by atoms with Crippen LogP contribution < -0.4 is 10.2 Å². The van der Waals surface area contributed by atoms with Crippen molar-refractivity contribution in [3.63, 3.8) is 0 Å². The standard InChI is InChI=1S/C17H28N2/c1-5-19(16-8-6-7-14(4)11-16)17(13(2)3)12-18-15-9-10-15/h6-8,11,13,15,17-18H,5,9-10,12H2,1-4H3. The molecule has 19 heavy (non-hydrogen) atoms. The van der Waals surface area contributed by atoms with Gasteiger partial charge in [0.1, 0.15) is 0 Å². The second-order valence-corrected chi connectivity index (χ2v) is 6.12. The molecule has 2 rings (SSSR count). The van der Waals surface area contributed by atoms with Crippen molar-refractivity contribution in [3.8, 4) is 0 Å². The van der Waals surface area contributed by atoms with E-state index in [9.17, 15) is 0 Å². The monoisotopic (exact) mass is 260 g/mol. The lowest BCUT2D eigenvalue weighted by molar-refractivity contribution is 0.429. The number of benzene rings is 1. The van der Waals surface area contributed by atoms with Crippen LogP contribution in [0.5, 0.6) is 0 Å². The van der Waals surface area contributed by atoms with Crippen molar-refractivity contribution in [2.24, 2.45) is 5.92 Å². The van der Waals surface area contributed by atoms with Gasteiger partial charge in [-0.05, 0) is 50.3 Å². The molecule has 1 atom stereocenters. The van der Waals surface area contributed by atoms with Crippen LogP contribution in [0.3, 0.4) is 0 Å². The molecule has 1 aliphatic carbocycles. The Labute approximate surface area is 118 Å². The van der Waals surface area contributed by atoms with Gasteiger partial charge in [-0.25, -0.2) is 0 Å². The first-order chi connectivity index (χ1) is 9.11. The molecule has 0 amide bonds. The van der Waals surface area contributed by atoms with Gasteiger partial charge in [0, 0.05) is 30.9 Å². The van der Waals surface area contributed by atoms with Crippen molar-refractivity contribution in [1.29, 1.82) is 0 Å². The molecule has 1 aromatic carbocycles. The molecule has 0 aromatic heterocycles. The third kappa shape index (κ3) is 3.97. The summed E-state index contributed by atoms with van der Waals surface area (Å²) in [5, 5.41) is 3.70.